The van der Waals surface area contributed by atoms with Gasteiger partial charge in [-0.1, -0.05) is 21.6 Å². The largest absolute Gasteiger partial charge is 0.480 e. The Labute approximate surface area is 128 Å². The van der Waals surface area contributed by atoms with Crippen LogP contribution in [0.5, 0.6) is 0 Å². The summed E-state index contributed by atoms with van der Waals surface area (Å²) in [7, 11) is 2.96. The number of carboxylic acids is 2. The first kappa shape index (κ1) is 23.4. The second kappa shape index (κ2) is 13.7. The molecular formula is C8H20N2O4S4. The average molecular weight is 337 g/mol. The monoisotopic (exact) mass is 336 g/mol. The minimum atomic E-state index is -1.00. The minimum absolute atomic E-state index is 0. The van der Waals surface area contributed by atoms with Crippen molar-refractivity contribution in [3.8, 4) is 0 Å². The first-order chi connectivity index (χ1) is 7.45. The molecule has 110 valence electrons. The summed E-state index contributed by atoms with van der Waals surface area (Å²) in [5.41, 5.74) is 10.6. The van der Waals surface area contributed by atoms with Gasteiger partial charge in [0, 0.05) is 11.5 Å². The molecule has 0 saturated heterocycles. The molecule has 0 spiro atoms. The van der Waals surface area contributed by atoms with Crippen LogP contribution in [0, 0.1) is 0 Å². The van der Waals surface area contributed by atoms with E-state index in [-0.39, 0.29) is 27.0 Å². The molecule has 0 rings (SSSR count). The molecule has 18 heavy (non-hydrogen) atoms. The van der Waals surface area contributed by atoms with E-state index < -0.39 is 24.0 Å². The van der Waals surface area contributed by atoms with Crippen LogP contribution in [-0.4, -0.2) is 45.7 Å². The predicted octanol–water partition coefficient (Wildman–Crippen LogP) is 0.197. The Morgan fingerprint density at radius 3 is 1.39 bits per heavy atom. The topological polar surface area (TPSA) is 127 Å². The molecular weight excluding hydrogens is 316 g/mol. The fourth-order valence-electron chi connectivity index (χ4n) is 0.715. The van der Waals surface area contributed by atoms with Crippen LogP contribution in [-0.2, 0) is 9.59 Å². The summed E-state index contributed by atoms with van der Waals surface area (Å²) in [5.74, 6) is -0.752. The quantitative estimate of drug-likeness (QED) is 0.347. The van der Waals surface area contributed by atoms with Gasteiger partial charge in [-0.3, -0.25) is 9.59 Å². The van der Waals surface area contributed by atoms with E-state index in [1.807, 2.05) is 0 Å². The highest BCUT2D eigenvalue weighted by atomic mass is 33.1. The second-order valence-electron chi connectivity index (χ2n) is 3.11. The second-order valence-corrected chi connectivity index (χ2v) is 5.81. The molecule has 0 aliphatic heterocycles. The lowest BCUT2D eigenvalue weighted by molar-refractivity contribution is -0.139. The van der Waals surface area contributed by atoms with Gasteiger partial charge in [0.15, 0.2) is 0 Å². The fraction of sp³-hybridized carbons (Fsp3) is 0.750. The summed E-state index contributed by atoms with van der Waals surface area (Å²) >= 11 is 0. The van der Waals surface area contributed by atoms with Crippen LogP contribution in [0.3, 0.4) is 0 Å². The Bertz CT molecular complexity index is 221. The van der Waals surface area contributed by atoms with Gasteiger partial charge in [0.05, 0.1) is 0 Å². The van der Waals surface area contributed by atoms with Gasteiger partial charge in [-0.2, -0.15) is 27.0 Å². The summed E-state index contributed by atoms with van der Waals surface area (Å²) < 4.78 is 0. The summed E-state index contributed by atoms with van der Waals surface area (Å²) in [6, 6.07) is -1.65. The molecule has 0 amide bonds. The van der Waals surface area contributed by atoms with Crippen molar-refractivity contribution >= 4 is 60.5 Å². The first-order valence-electron chi connectivity index (χ1n) is 4.66. The molecule has 10 heteroatoms. The van der Waals surface area contributed by atoms with E-state index in [1.54, 1.807) is 0 Å². The molecule has 0 aliphatic carbocycles. The molecule has 0 aromatic heterocycles. The smallest absolute Gasteiger partial charge is 0.320 e. The van der Waals surface area contributed by atoms with Crippen molar-refractivity contribution in [2.75, 3.05) is 11.5 Å². The van der Waals surface area contributed by atoms with Gasteiger partial charge in [0.2, 0.25) is 0 Å². The van der Waals surface area contributed by atoms with E-state index in [0.29, 0.717) is 24.3 Å². The molecule has 0 radical (unpaired) electrons. The molecule has 6 N–H and O–H groups in total. The number of nitrogens with two attached hydrogens (primary N) is 2. The third-order valence-electron chi connectivity index (χ3n) is 1.74. The van der Waals surface area contributed by atoms with Crippen molar-refractivity contribution < 1.29 is 19.8 Å². The third-order valence-corrected chi connectivity index (χ3v) is 4.21. The summed E-state index contributed by atoms with van der Waals surface area (Å²) in [6.07, 6.45) is 0.802. The van der Waals surface area contributed by atoms with E-state index in [1.165, 1.54) is 21.6 Å². The van der Waals surface area contributed by atoms with Crippen molar-refractivity contribution in [1.29, 1.82) is 0 Å². The van der Waals surface area contributed by atoms with Crippen LogP contribution >= 0.6 is 48.6 Å². The Balaban J connectivity index is -0.00000112. The lowest BCUT2D eigenvalue weighted by atomic mass is 10.2. The number of carbonyl (C=O) groups is 2. The summed E-state index contributed by atoms with van der Waals surface area (Å²) in [4.78, 5) is 20.7. The summed E-state index contributed by atoms with van der Waals surface area (Å²) in [6.45, 7) is 0. The molecule has 0 aliphatic rings. The van der Waals surface area contributed by atoms with Gasteiger partial charge < -0.3 is 21.7 Å². The zero-order valence-electron chi connectivity index (χ0n) is 9.67. The average Bonchev–Trinajstić information content (AvgIpc) is 2.21. The molecule has 0 aromatic carbocycles. The van der Waals surface area contributed by atoms with Crippen LogP contribution in [0.25, 0.3) is 0 Å². The van der Waals surface area contributed by atoms with Crippen molar-refractivity contribution in [2.45, 2.75) is 24.9 Å². The molecule has 6 nitrogen and oxygen atoms in total. The third kappa shape index (κ3) is 12.7. The number of carboxylic acid groups (broad SMARTS) is 2. The number of rotatable bonds is 9. The highest BCUT2D eigenvalue weighted by molar-refractivity contribution is 8.76. The molecule has 0 bridgehead atoms. The lowest BCUT2D eigenvalue weighted by Gasteiger charge is -2.06. The van der Waals surface area contributed by atoms with Gasteiger partial charge in [-0.25, -0.2) is 0 Å². The zero-order chi connectivity index (χ0) is 12.6. The van der Waals surface area contributed by atoms with Crippen LogP contribution in [0.4, 0.5) is 0 Å². The van der Waals surface area contributed by atoms with Gasteiger partial charge >= 0.3 is 11.9 Å². The normalized spacial score (nSPS) is 12.8. The van der Waals surface area contributed by atoms with E-state index >= 15 is 0 Å². The van der Waals surface area contributed by atoms with E-state index in [2.05, 4.69) is 0 Å². The maximum Gasteiger partial charge on any atom is 0.320 e. The van der Waals surface area contributed by atoms with Gasteiger partial charge in [0.25, 0.3) is 0 Å². The first-order valence-corrected chi connectivity index (χ1v) is 7.15. The maximum absolute atomic E-state index is 10.4. The molecule has 0 aromatic rings. The van der Waals surface area contributed by atoms with Crippen molar-refractivity contribution in [1.82, 2.24) is 0 Å². The van der Waals surface area contributed by atoms with Crippen LogP contribution in [0.1, 0.15) is 12.8 Å². The van der Waals surface area contributed by atoms with Gasteiger partial charge in [-0.05, 0) is 12.8 Å². The standard InChI is InChI=1S/C8H16N2O4S2.2H2S/c9-5(7(11)12)1-3-15-16-4-2-6(10)8(13)14;;/h5-6H,1-4,9-10H2,(H,11,12)(H,13,14);2*1H2/t5-,6-;;/m0../s1. The number of hydrogen-bond donors (Lipinski definition) is 4. The number of hydrogen-bond acceptors (Lipinski definition) is 6. The van der Waals surface area contributed by atoms with Gasteiger partial charge in [0.1, 0.15) is 12.1 Å². The molecule has 0 unspecified atom stereocenters. The van der Waals surface area contributed by atoms with E-state index in [9.17, 15) is 9.59 Å². The van der Waals surface area contributed by atoms with Crippen molar-refractivity contribution in [3.05, 3.63) is 0 Å². The maximum atomic E-state index is 10.4. The summed E-state index contributed by atoms with van der Waals surface area (Å²) in [5, 5.41) is 17.0. The van der Waals surface area contributed by atoms with E-state index in [4.69, 9.17) is 21.7 Å². The fourth-order valence-corrected chi connectivity index (χ4v) is 2.94. The van der Waals surface area contributed by atoms with Crippen LogP contribution in [0.15, 0.2) is 0 Å². The Hall–Kier alpha value is 0.260. The Morgan fingerprint density at radius 2 is 1.17 bits per heavy atom. The molecule has 0 saturated carbocycles. The lowest BCUT2D eigenvalue weighted by Crippen LogP contribution is -2.30. The number of aliphatic carboxylic acids is 2. The van der Waals surface area contributed by atoms with Crippen molar-refractivity contribution in [3.63, 3.8) is 0 Å². The highest BCUT2D eigenvalue weighted by Crippen LogP contribution is 2.23. The zero-order valence-corrected chi connectivity index (χ0v) is 13.3. The van der Waals surface area contributed by atoms with Crippen LogP contribution < -0.4 is 11.5 Å². The Morgan fingerprint density at radius 1 is 0.889 bits per heavy atom. The predicted molar refractivity (Wildman–Crippen MR) is 86.1 cm³/mol. The van der Waals surface area contributed by atoms with Crippen LogP contribution in [0.2, 0.25) is 0 Å². The highest BCUT2D eigenvalue weighted by Gasteiger charge is 2.12. The van der Waals surface area contributed by atoms with Gasteiger partial charge in [-0.15, -0.1) is 0 Å². The van der Waals surface area contributed by atoms with E-state index in [0.717, 1.165) is 0 Å². The SMILES string of the molecule is N[C@@H](CCSSCC[C@H](N)C(=O)O)C(=O)O.S.S. The molecule has 0 fully saturated rings. The Kier molecular flexibility index (Phi) is 17.8. The minimum Gasteiger partial charge on any atom is -0.480 e. The molecule has 0 heterocycles. The molecule has 2 atom stereocenters. The van der Waals surface area contributed by atoms with Crippen molar-refractivity contribution in [2.24, 2.45) is 11.5 Å².